The third-order valence-electron chi connectivity index (χ3n) is 2.77. The molecule has 0 aliphatic heterocycles. The average Bonchev–Trinajstić information content (AvgIpc) is 3.30. The van der Waals surface area contributed by atoms with Gasteiger partial charge >= 0.3 is 0 Å². The molecule has 0 saturated carbocycles. The molecule has 0 N–H and O–H groups in total. The molecule has 1 aromatic carbocycles. The van der Waals surface area contributed by atoms with E-state index in [2.05, 4.69) is 25.5 Å². The fraction of sp³-hybridized carbons (Fsp3) is 0. The van der Waals surface area contributed by atoms with E-state index < -0.39 is 0 Å². The highest BCUT2D eigenvalue weighted by Gasteiger charge is 2.14. The molecule has 0 saturated heterocycles. The third kappa shape index (κ3) is 2.65. The Morgan fingerprint density at radius 3 is 2.82 bits per heavy atom. The molecule has 0 radical (unpaired) electrons. The molecule has 0 unspecified atom stereocenters. The zero-order valence-electron chi connectivity index (χ0n) is 11.0. The standard InChI is InChI=1S/C13H8N6S3/c1-2-4-9(5-3-1)10-8-21-13(15-10)22-12-16-17-18-19(12)11-14-6-7-20-11/h1-8H. The molecular formula is C13H8N6S3. The highest BCUT2D eigenvalue weighted by atomic mass is 32.2. The molecule has 4 rings (SSSR count). The van der Waals surface area contributed by atoms with Crippen molar-refractivity contribution < 1.29 is 0 Å². The first kappa shape index (κ1) is 13.6. The van der Waals surface area contributed by atoms with Crippen LogP contribution in [0.5, 0.6) is 0 Å². The van der Waals surface area contributed by atoms with Gasteiger partial charge in [0.15, 0.2) is 4.34 Å². The van der Waals surface area contributed by atoms with E-state index in [1.165, 1.54) is 23.1 Å². The van der Waals surface area contributed by atoms with Crippen molar-refractivity contribution in [1.82, 2.24) is 30.2 Å². The van der Waals surface area contributed by atoms with Crippen molar-refractivity contribution in [2.45, 2.75) is 9.50 Å². The molecule has 4 aromatic rings. The largest absolute Gasteiger partial charge is 0.229 e. The fourth-order valence-electron chi connectivity index (χ4n) is 1.81. The lowest BCUT2D eigenvalue weighted by atomic mass is 10.2. The van der Waals surface area contributed by atoms with Crippen LogP contribution in [0.25, 0.3) is 16.4 Å². The molecule has 108 valence electrons. The van der Waals surface area contributed by atoms with Gasteiger partial charge in [-0.15, -0.1) is 27.8 Å². The van der Waals surface area contributed by atoms with E-state index in [4.69, 9.17) is 0 Å². The molecule has 22 heavy (non-hydrogen) atoms. The van der Waals surface area contributed by atoms with Crippen molar-refractivity contribution in [3.05, 3.63) is 47.3 Å². The Morgan fingerprint density at radius 2 is 2.00 bits per heavy atom. The van der Waals surface area contributed by atoms with Crippen LogP contribution in [0.2, 0.25) is 0 Å². The Hall–Kier alpha value is -2.10. The van der Waals surface area contributed by atoms with E-state index in [9.17, 15) is 0 Å². The number of thiazole rings is 2. The second-order valence-electron chi connectivity index (χ2n) is 4.15. The lowest BCUT2D eigenvalue weighted by molar-refractivity contribution is 0.750. The van der Waals surface area contributed by atoms with Gasteiger partial charge in [0.1, 0.15) is 0 Å². The smallest absolute Gasteiger partial charge is 0.223 e. The van der Waals surface area contributed by atoms with Gasteiger partial charge in [0, 0.05) is 22.5 Å². The predicted molar refractivity (Wildman–Crippen MR) is 86.5 cm³/mol. The number of tetrazole rings is 1. The summed E-state index contributed by atoms with van der Waals surface area (Å²) >= 11 is 4.50. The summed E-state index contributed by atoms with van der Waals surface area (Å²) in [6, 6.07) is 10.1. The highest BCUT2D eigenvalue weighted by Crippen LogP contribution is 2.32. The minimum absolute atomic E-state index is 0.656. The van der Waals surface area contributed by atoms with Gasteiger partial charge in [-0.3, -0.25) is 0 Å². The van der Waals surface area contributed by atoms with Gasteiger partial charge in [0.2, 0.25) is 10.3 Å². The molecule has 6 nitrogen and oxygen atoms in total. The van der Waals surface area contributed by atoms with Crippen molar-refractivity contribution in [3.8, 4) is 16.4 Å². The molecule has 0 aliphatic carbocycles. The Balaban J connectivity index is 1.61. The SMILES string of the molecule is c1ccc(-c2csc(Sc3nnnn3-c3nccs3)n2)cc1. The maximum Gasteiger partial charge on any atom is 0.223 e. The molecule has 0 atom stereocenters. The second kappa shape index (κ2) is 5.95. The van der Waals surface area contributed by atoms with Crippen LogP contribution in [0, 0.1) is 0 Å². The highest BCUT2D eigenvalue weighted by molar-refractivity contribution is 8.00. The second-order valence-corrected chi connectivity index (χ2v) is 7.10. The maximum absolute atomic E-state index is 4.63. The number of benzene rings is 1. The summed E-state index contributed by atoms with van der Waals surface area (Å²) < 4.78 is 2.52. The topological polar surface area (TPSA) is 69.4 Å². The zero-order chi connectivity index (χ0) is 14.8. The molecule has 3 aromatic heterocycles. The molecule has 0 aliphatic rings. The van der Waals surface area contributed by atoms with Gasteiger partial charge in [-0.25, -0.2) is 9.97 Å². The number of rotatable bonds is 4. The quantitative estimate of drug-likeness (QED) is 0.565. The molecule has 9 heteroatoms. The first-order valence-corrected chi connectivity index (χ1v) is 8.85. The summed E-state index contributed by atoms with van der Waals surface area (Å²) in [5.41, 5.74) is 2.06. The Bertz CT molecular complexity index is 868. The monoisotopic (exact) mass is 344 g/mol. The van der Waals surface area contributed by atoms with E-state index in [0.717, 1.165) is 20.7 Å². The fourth-order valence-corrected chi connectivity index (χ4v) is 4.15. The first-order chi connectivity index (χ1) is 10.9. The van der Waals surface area contributed by atoms with Crippen LogP contribution < -0.4 is 0 Å². The van der Waals surface area contributed by atoms with Crippen LogP contribution >= 0.6 is 34.4 Å². The van der Waals surface area contributed by atoms with Crippen LogP contribution in [0.15, 0.2) is 56.8 Å². The van der Waals surface area contributed by atoms with Gasteiger partial charge in [-0.05, 0) is 22.2 Å². The first-order valence-electron chi connectivity index (χ1n) is 6.27. The maximum atomic E-state index is 4.63. The third-order valence-corrected chi connectivity index (χ3v) is 5.40. The van der Waals surface area contributed by atoms with Crippen molar-refractivity contribution >= 4 is 34.4 Å². The molecule has 3 heterocycles. The number of aromatic nitrogens is 6. The lowest BCUT2D eigenvalue weighted by Gasteiger charge is -1.97. The zero-order valence-corrected chi connectivity index (χ0v) is 13.5. The number of hydrogen-bond donors (Lipinski definition) is 0. The van der Waals surface area contributed by atoms with E-state index in [1.54, 1.807) is 22.2 Å². The molecular weight excluding hydrogens is 336 g/mol. The van der Waals surface area contributed by atoms with E-state index in [0.29, 0.717) is 5.16 Å². The van der Waals surface area contributed by atoms with Gasteiger partial charge in [-0.2, -0.15) is 4.68 Å². The van der Waals surface area contributed by atoms with Crippen LogP contribution in [-0.4, -0.2) is 30.2 Å². The predicted octanol–water partition coefficient (Wildman–Crippen LogP) is 3.39. The molecule has 0 bridgehead atoms. The molecule has 0 fully saturated rings. The Kier molecular flexibility index (Phi) is 3.67. The lowest BCUT2D eigenvalue weighted by Crippen LogP contribution is -1.97. The Morgan fingerprint density at radius 1 is 1.09 bits per heavy atom. The minimum Gasteiger partial charge on any atom is -0.229 e. The van der Waals surface area contributed by atoms with Gasteiger partial charge in [0.25, 0.3) is 0 Å². The van der Waals surface area contributed by atoms with E-state index in [1.807, 2.05) is 41.1 Å². The van der Waals surface area contributed by atoms with Crippen LogP contribution in [-0.2, 0) is 0 Å². The normalized spacial score (nSPS) is 10.9. The minimum atomic E-state index is 0.656. The van der Waals surface area contributed by atoms with Crippen molar-refractivity contribution in [2.75, 3.05) is 0 Å². The van der Waals surface area contributed by atoms with Crippen LogP contribution in [0.1, 0.15) is 0 Å². The average molecular weight is 344 g/mol. The molecule has 0 spiro atoms. The summed E-state index contributed by atoms with van der Waals surface area (Å²) in [7, 11) is 0. The van der Waals surface area contributed by atoms with Crippen molar-refractivity contribution in [1.29, 1.82) is 0 Å². The summed E-state index contributed by atoms with van der Waals surface area (Å²) in [5, 5.41) is 17.1. The van der Waals surface area contributed by atoms with Crippen molar-refractivity contribution in [3.63, 3.8) is 0 Å². The van der Waals surface area contributed by atoms with E-state index in [-0.39, 0.29) is 0 Å². The van der Waals surface area contributed by atoms with Crippen molar-refractivity contribution in [2.24, 2.45) is 0 Å². The van der Waals surface area contributed by atoms with Gasteiger partial charge < -0.3 is 0 Å². The summed E-state index contributed by atoms with van der Waals surface area (Å²) in [6.07, 6.45) is 1.73. The van der Waals surface area contributed by atoms with Gasteiger partial charge in [-0.1, -0.05) is 30.3 Å². The van der Waals surface area contributed by atoms with Crippen LogP contribution in [0.3, 0.4) is 0 Å². The van der Waals surface area contributed by atoms with E-state index >= 15 is 0 Å². The summed E-state index contributed by atoms with van der Waals surface area (Å²) in [5.74, 6) is 0. The Labute approximate surface area is 137 Å². The van der Waals surface area contributed by atoms with Gasteiger partial charge in [0.05, 0.1) is 5.69 Å². The van der Waals surface area contributed by atoms with Crippen LogP contribution in [0.4, 0.5) is 0 Å². The number of nitrogens with zero attached hydrogens (tertiary/aromatic N) is 6. The molecule has 0 amide bonds. The summed E-state index contributed by atoms with van der Waals surface area (Å²) in [4.78, 5) is 8.86. The number of hydrogen-bond acceptors (Lipinski definition) is 8. The summed E-state index contributed by atoms with van der Waals surface area (Å²) in [6.45, 7) is 0.